The molecule has 1 aliphatic rings. The summed E-state index contributed by atoms with van der Waals surface area (Å²) in [7, 11) is 1.55. The molecule has 0 aliphatic carbocycles. The maximum absolute atomic E-state index is 13.6. The fourth-order valence-electron chi connectivity index (χ4n) is 4.23. The molecule has 2 aromatic heterocycles. The van der Waals surface area contributed by atoms with E-state index in [2.05, 4.69) is 20.4 Å². The number of amides is 1. The van der Waals surface area contributed by atoms with E-state index in [9.17, 15) is 9.18 Å². The fraction of sp³-hybridized carbons (Fsp3) is 0.280. The summed E-state index contributed by atoms with van der Waals surface area (Å²) in [5.74, 6) is 0.226. The van der Waals surface area contributed by atoms with Gasteiger partial charge in [0.1, 0.15) is 29.0 Å². The van der Waals surface area contributed by atoms with E-state index in [1.165, 1.54) is 18.3 Å². The third-order valence-corrected chi connectivity index (χ3v) is 6.31. The maximum Gasteiger partial charge on any atom is 0.255 e. The Hall–Kier alpha value is -3.56. The van der Waals surface area contributed by atoms with Crippen LogP contribution in [0.1, 0.15) is 29.1 Å². The van der Waals surface area contributed by atoms with Crippen molar-refractivity contribution < 1.29 is 23.1 Å². The summed E-state index contributed by atoms with van der Waals surface area (Å²) in [6.07, 6.45) is 1.09. The lowest BCUT2D eigenvalue weighted by Crippen LogP contribution is -2.36. The molecule has 0 bridgehead atoms. The standard InChI is InChI=1S/C25H24ClFN4O4/c1-14(23-18(26)13-29-30-23)34-21-11-17-20(12-19(21)31-7-9-33-10-8-31)35-24(22(17)25(32)28-2)15-3-5-16(27)6-4-15/h3-6,11-14H,7-10H2,1-2H3,(H,28,32)(H,29,30). The van der Waals surface area contributed by atoms with Crippen LogP contribution < -0.4 is 15.0 Å². The monoisotopic (exact) mass is 498 g/mol. The van der Waals surface area contributed by atoms with Crippen LogP contribution >= 0.6 is 11.6 Å². The number of aromatic amines is 1. The number of ether oxygens (including phenoxy) is 2. The van der Waals surface area contributed by atoms with Crippen molar-refractivity contribution in [1.29, 1.82) is 0 Å². The zero-order valence-electron chi connectivity index (χ0n) is 19.2. The zero-order chi connectivity index (χ0) is 24.5. The van der Waals surface area contributed by atoms with E-state index in [1.54, 1.807) is 19.2 Å². The number of aromatic nitrogens is 2. The third kappa shape index (κ3) is 4.44. The molecule has 2 N–H and O–H groups in total. The van der Waals surface area contributed by atoms with Crippen molar-refractivity contribution in [3.63, 3.8) is 0 Å². The normalized spacial score (nSPS) is 14.8. The van der Waals surface area contributed by atoms with E-state index in [0.29, 0.717) is 70.6 Å². The smallest absolute Gasteiger partial charge is 0.255 e. The number of morpholine rings is 1. The first-order valence-electron chi connectivity index (χ1n) is 11.2. The first-order chi connectivity index (χ1) is 17.0. The molecule has 0 spiro atoms. The predicted octanol–water partition coefficient (Wildman–Crippen LogP) is 4.95. The van der Waals surface area contributed by atoms with Crippen molar-refractivity contribution in [3.8, 4) is 17.1 Å². The second-order valence-corrected chi connectivity index (χ2v) is 8.61. The van der Waals surface area contributed by atoms with Crippen LogP contribution in [0, 0.1) is 5.82 Å². The quantitative estimate of drug-likeness (QED) is 0.390. The lowest BCUT2D eigenvalue weighted by Gasteiger charge is -2.31. The summed E-state index contributed by atoms with van der Waals surface area (Å²) in [4.78, 5) is 15.1. The Morgan fingerprint density at radius 3 is 2.66 bits per heavy atom. The van der Waals surface area contributed by atoms with Gasteiger partial charge in [-0.1, -0.05) is 11.6 Å². The van der Waals surface area contributed by atoms with Gasteiger partial charge in [-0.15, -0.1) is 0 Å². The van der Waals surface area contributed by atoms with Gasteiger partial charge >= 0.3 is 0 Å². The Kier molecular flexibility index (Phi) is 6.36. The van der Waals surface area contributed by atoms with Gasteiger partial charge in [0.05, 0.1) is 41.4 Å². The van der Waals surface area contributed by atoms with Gasteiger partial charge < -0.3 is 24.1 Å². The van der Waals surface area contributed by atoms with E-state index >= 15 is 0 Å². The van der Waals surface area contributed by atoms with Crippen molar-refractivity contribution in [2.24, 2.45) is 0 Å². The molecule has 10 heteroatoms. The van der Waals surface area contributed by atoms with Crippen LogP contribution in [0.4, 0.5) is 10.1 Å². The number of anilines is 1. The Balaban J connectivity index is 1.68. The molecule has 0 radical (unpaired) electrons. The van der Waals surface area contributed by atoms with Crippen LogP contribution in [0.3, 0.4) is 0 Å². The molecule has 5 rings (SSSR count). The van der Waals surface area contributed by atoms with Crippen LogP contribution in [-0.2, 0) is 4.74 Å². The van der Waals surface area contributed by atoms with Crippen molar-refractivity contribution in [2.45, 2.75) is 13.0 Å². The molecule has 3 heterocycles. The first-order valence-corrected chi connectivity index (χ1v) is 11.6. The van der Waals surface area contributed by atoms with Gasteiger partial charge in [-0.05, 0) is 37.3 Å². The summed E-state index contributed by atoms with van der Waals surface area (Å²) < 4.78 is 31.6. The average molecular weight is 499 g/mol. The van der Waals surface area contributed by atoms with Gasteiger partial charge in [-0.25, -0.2) is 4.39 Å². The number of carbonyl (C=O) groups is 1. The summed E-state index contributed by atoms with van der Waals surface area (Å²) in [5.41, 5.74) is 2.91. The van der Waals surface area contributed by atoms with Crippen LogP contribution in [0.2, 0.25) is 5.02 Å². The van der Waals surface area contributed by atoms with Gasteiger partial charge in [0.2, 0.25) is 0 Å². The Morgan fingerprint density at radius 2 is 2.00 bits per heavy atom. The number of furan rings is 1. The maximum atomic E-state index is 13.6. The minimum atomic E-state index is -0.436. The molecule has 8 nitrogen and oxygen atoms in total. The van der Waals surface area contributed by atoms with Crippen molar-refractivity contribution in [2.75, 3.05) is 38.3 Å². The van der Waals surface area contributed by atoms with Crippen LogP contribution in [0.5, 0.6) is 5.75 Å². The molecule has 1 atom stereocenters. The van der Waals surface area contributed by atoms with Gasteiger partial charge in [-0.3, -0.25) is 9.89 Å². The van der Waals surface area contributed by atoms with Crippen LogP contribution in [-0.4, -0.2) is 49.5 Å². The number of hydrogen-bond acceptors (Lipinski definition) is 6. The Bertz CT molecular complexity index is 1360. The number of hydrogen-bond donors (Lipinski definition) is 2. The number of carbonyl (C=O) groups excluding carboxylic acids is 1. The summed E-state index contributed by atoms with van der Waals surface area (Å²) >= 11 is 6.26. The van der Waals surface area contributed by atoms with Crippen molar-refractivity contribution >= 4 is 34.2 Å². The minimum absolute atomic E-state index is 0.321. The number of fused-ring (bicyclic) bond motifs is 1. The second kappa shape index (κ2) is 9.59. The molecule has 1 aliphatic heterocycles. The second-order valence-electron chi connectivity index (χ2n) is 8.20. The minimum Gasteiger partial charge on any atom is -0.482 e. The summed E-state index contributed by atoms with van der Waals surface area (Å²) in [6.45, 7) is 4.39. The molecule has 1 unspecified atom stereocenters. The Labute approximate surface area is 205 Å². The number of nitrogens with zero attached hydrogens (tertiary/aromatic N) is 2. The zero-order valence-corrected chi connectivity index (χ0v) is 20.0. The average Bonchev–Trinajstić information content (AvgIpc) is 3.47. The predicted molar refractivity (Wildman–Crippen MR) is 131 cm³/mol. The highest BCUT2D eigenvalue weighted by Gasteiger charge is 2.26. The molecule has 1 amide bonds. The lowest BCUT2D eigenvalue weighted by molar-refractivity contribution is 0.0964. The number of H-pyrrole nitrogens is 1. The summed E-state index contributed by atoms with van der Waals surface area (Å²) in [6, 6.07) is 9.52. The SMILES string of the molecule is CNC(=O)c1c(-c2ccc(F)cc2)oc2cc(N3CCOCC3)c(OC(C)c3[nH]ncc3Cl)cc12. The van der Waals surface area contributed by atoms with E-state index < -0.39 is 6.10 Å². The third-order valence-electron chi connectivity index (χ3n) is 6.01. The first kappa shape index (κ1) is 23.2. The van der Waals surface area contributed by atoms with Gasteiger partial charge in [-0.2, -0.15) is 5.10 Å². The largest absolute Gasteiger partial charge is 0.482 e. The molecule has 4 aromatic rings. The van der Waals surface area contributed by atoms with Crippen LogP contribution in [0.25, 0.3) is 22.3 Å². The fourth-order valence-corrected chi connectivity index (χ4v) is 4.47. The van der Waals surface area contributed by atoms with E-state index in [1.807, 2.05) is 19.1 Å². The van der Waals surface area contributed by atoms with Crippen molar-refractivity contribution in [1.82, 2.24) is 15.5 Å². The molecule has 35 heavy (non-hydrogen) atoms. The molecular formula is C25H24ClFN4O4. The molecule has 182 valence electrons. The topological polar surface area (TPSA) is 92.6 Å². The van der Waals surface area contributed by atoms with Crippen molar-refractivity contribution in [3.05, 3.63) is 64.7 Å². The molecule has 0 saturated carbocycles. The van der Waals surface area contributed by atoms with E-state index in [4.69, 9.17) is 25.5 Å². The number of rotatable bonds is 6. The van der Waals surface area contributed by atoms with Gasteiger partial charge in [0.25, 0.3) is 5.91 Å². The van der Waals surface area contributed by atoms with Crippen LogP contribution in [0.15, 0.2) is 47.0 Å². The highest BCUT2D eigenvalue weighted by Crippen LogP contribution is 2.42. The lowest BCUT2D eigenvalue weighted by atomic mass is 10.0. The number of benzene rings is 2. The summed E-state index contributed by atoms with van der Waals surface area (Å²) in [5, 5.41) is 10.6. The Morgan fingerprint density at radius 1 is 1.26 bits per heavy atom. The molecular weight excluding hydrogens is 475 g/mol. The van der Waals surface area contributed by atoms with E-state index in [-0.39, 0.29) is 11.7 Å². The number of halogens is 2. The molecule has 1 fully saturated rings. The highest BCUT2D eigenvalue weighted by atomic mass is 35.5. The number of nitrogens with one attached hydrogen (secondary N) is 2. The highest BCUT2D eigenvalue weighted by molar-refractivity contribution is 6.31. The van der Waals surface area contributed by atoms with Gasteiger partial charge in [0, 0.05) is 37.2 Å². The molecule has 1 saturated heterocycles. The molecule has 2 aromatic carbocycles. The van der Waals surface area contributed by atoms with E-state index in [0.717, 1.165) is 5.69 Å². The van der Waals surface area contributed by atoms with Gasteiger partial charge in [0.15, 0.2) is 0 Å².